The van der Waals surface area contributed by atoms with Gasteiger partial charge in [-0.1, -0.05) is 36.7 Å². The van der Waals surface area contributed by atoms with E-state index in [0.717, 1.165) is 41.5 Å². The molecule has 0 spiro atoms. The minimum Gasteiger partial charge on any atom is -0.451 e. The number of hydrogen-bond acceptors (Lipinski definition) is 3. The molecule has 0 radical (unpaired) electrons. The Bertz CT molecular complexity index is 961. The molecule has 0 aliphatic heterocycles. The van der Waals surface area contributed by atoms with Crippen molar-refractivity contribution in [1.82, 2.24) is 10.2 Å². The number of rotatable bonds is 7. The third kappa shape index (κ3) is 4.57. The van der Waals surface area contributed by atoms with Gasteiger partial charge in [-0.05, 0) is 75.8 Å². The number of amides is 1. The molecule has 0 saturated carbocycles. The maximum Gasteiger partial charge on any atom is 0.287 e. The Labute approximate surface area is 171 Å². The molecule has 1 heterocycles. The largest absolute Gasteiger partial charge is 0.451 e. The molecule has 3 aromatic rings. The molecular weight excluding hydrogens is 372 g/mol. The molecule has 1 N–H and O–H groups in total. The minimum atomic E-state index is -0.189. The van der Waals surface area contributed by atoms with E-state index in [0.29, 0.717) is 10.8 Å². The summed E-state index contributed by atoms with van der Waals surface area (Å²) >= 11 is 6.03. The average molecular weight is 399 g/mol. The highest BCUT2D eigenvalue weighted by Gasteiger charge is 2.22. The number of nitrogens with zero attached hydrogens (tertiary/aromatic N) is 1. The second kappa shape index (κ2) is 8.80. The highest BCUT2D eigenvalue weighted by molar-refractivity contribution is 6.30. The summed E-state index contributed by atoms with van der Waals surface area (Å²) in [5, 5.41) is 4.83. The maximum atomic E-state index is 13.0. The highest BCUT2D eigenvalue weighted by atomic mass is 35.5. The van der Waals surface area contributed by atoms with Crippen LogP contribution in [0.5, 0.6) is 0 Å². The third-order valence-corrected chi connectivity index (χ3v) is 5.31. The van der Waals surface area contributed by atoms with Crippen molar-refractivity contribution in [2.45, 2.75) is 32.7 Å². The molecule has 1 atom stereocenters. The summed E-state index contributed by atoms with van der Waals surface area (Å²) < 4.78 is 5.90. The van der Waals surface area contributed by atoms with Crippen LogP contribution in [0, 0.1) is 6.92 Å². The second-order valence-electron chi connectivity index (χ2n) is 7.41. The van der Waals surface area contributed by atoms with E-state index < -0.39 is 0 Å². The van der Waals surface area contributed by atoms with Crippen LogP contribution in [-0.4, -0.2) is 31.4 Å². The Hall–Kier alpha value is -2.30. The molecule has 28 heavy (non-hydrogen) atoms. The van der Waals surface area contributed by atoms with Gasteiger partial charge in [-0.15, -0.1) is 0 Å². The Kier molecular flexibility index (Phi) is 6.42. The molecule has 1 aromatic heterocycles. The predicted molar refractivity (Wildman–Crippen MR) is 115 cm³/mol. The molecule has 0 bridgehead atoms. The van der Waals surface area contributed by atoms with E-state index in [1.165, 1.54) is 5.56 Å². The van der Waals surface area contributed by atoms with E-state index in [-0.39, 0.29) is 11.9 Å². The van der Waals surface area contributed by atoms with E-state index >= 15 is 0 Å². The lowest BCUT2D eigenvalue weighted by atomic mass is 10.0. The van der Waals surface area contributed by atoms with Crippen LogP contribution in [0.2, 0.25) is 5.02 Å². The van der Waals surface area contributed by atoms with Crippen LogP contribution in [0.4, 0.5) is 0 Å². The molecule has 0 aliphatic rings. The highest BCUT2D eigenvalue weighted by Crippen LogP contribution is 2.28. The van der Waals surface area contributed by atoms with Crippen molar-refractivity contribution in [2.75, 3.05) is 20.6 Å². The fraction of sp³-hybridized carbons (Fsp3) is 0.348. The fourth-order valence-corrected chi connectivity index (χ4v) is 3.46. The summed E-state index contributed by atoms with van der Waals surface area (Å²) in [5.41, 5.74) is 3.89. The van der Waals surface area contributed by atoms with Crippen molar-refractivity contribution >= 4 is 28.5 Å². The number of fused-ring (bicyclic) bond motifs is 1. The van der Waals surface area contributed by atoms with Crippen molar-refractivity contribution < 1.29 is 9.21 Å². The number of halogens is 1. The SMILES string of the molecule is CCc1ccc2oc(C(=O)NC(CCN(C)C)c3ccc(Cl)cc3)c(C)c2c1. The van der Waals surface area contributed by atoms with Gasteiger partial charge in [0.05, 0.1) is 6.04 Å². The first-order valence-corrected chi connectivity index (χ1v) is 10.00. The van der Waals surface area contributed by atoms with Gasteiger partial charge in [-0.3, -0.25) is 4.79 Å². The number of carbonyl (C=O) groups is 1. The van der Waals surface area contributed by atoms with Crippen LogP contribution in [0.15, 0.2) is 46.9 Å². The summed E-state index contributed by atoms with van der Waals surface area (Å²) in [6.45, 7) is 4.91. The van der Waals surface area contributed by atoms with Crippen molar-refractivity contribution in [3.05, 3.63) is 69.9 Å². The number of carbonyl (C=O) groups excluding carboxylic acids is 1. The lowest BCUT2D eigenvalue weighted by Crippen LogP contribution is -2.31. The fourth-order valence-electron chi connectivity index (χ4n) is 3.33. The normalized spacial score (nSPS) is 12.5. The standard InChI is InChI=1S/C23H27ClN2O2/c1-5-16-6-11-21-19(14-16)15(2)22(28-21)23(27)25-20(12-13-26(3)4)17-7-9-18(24)10-8-17/h6-11,14,20H,5,12-13H2,1-4H3,(H,25,27). The first kappa shape index (κ1) is 20.4. The summed E-state index contributed by atoms with van der Waals surface area (Å²) in [4.78, 5) is 15.1. The first-order chi connectivity index (χ1) is 13.4. The van der Waals surface area contributed by atoms with E-state index in [1.54, 1.807) is 0 Å². The van der Waals surface area contributed by atoms with Crippen LogP contribution in [0.1, 0.15) is 46.6 Å². The minimum absolute atomic E-state index is 0.119. The molecule has 0 aliphatic carbocycles. The molecule has 1 amide bonds. The quantitative estimate of drug-likeness (QED) is 0.581. The van der Waals surface area contributed by atoms with Crippen LogP contribution in [0.25, 0.3) is 11.0 Å². The molecule has 2 aromatic carbocycles. The van der Waals surface area contributed by atoms with Crippen LogP contribution >= 0.6 is 11.6 Å². The molecule has 1 unspecified atom stereocenters. The predicted octanol–water partition coefficient (Wildman–Crippen LogP) is 5.38. The molecule has 5 heteroatoms. The van der Waals surface area contributed by atoms with Crippen molar-refractivity contribution in [3.8, 4) is 0 Å². The molecule has 3 rings (SSSR count). The van der Waals surface area contributed by atoms with Gasteiger partial charge in [-0.2, -0.15) is 0 Å². The number of hydrogen-bond donors (Lipinski definition) is 1. The van der Waals surface area contributed by atoms with E-state index in [9.17, 15) is 4.79 Å². The van der Waals surface area contributed by atoms with Gasteiger partial charge in [0.15, 0.2) is 5.76 Å². The lowest BCUT2D eigenvalue weighted by molar-refractivity contribution is 0.0906. The number of nitrogens with one attached hydrogen (secondary N) is 1. The summed E-state index contributed by atoms with van der Waals surface area (Å²) in [7, 11) is 4.05. The number of furan rings is 1. The van der Waals surface area contributed by atoms with Gasteiger partial charge in [0.2, 0.25) is 0 Å². The van der Waals surface area contributed by atoms with E-state index in [1.807, 2.05) is 57.4 Å². The van der Waals surface area contributed by atoms with Gasteiger partial charge in [0, 0.05) is 16.0 Å². The van der Waals surface area contributed by atoms with Gasteiger partial charge in [0.1, 0.15) is 5.58 Å². The average Bonchev–Trinajstić information content (AvgIpc) is 3.01. The molecule has 4 nitrogen and oxygen atoms in total. The Balaban J connectivity index is 1.87. The lowest BCUT2D eigenvalue weighted by Gasteiger charge is -2.21. The zero-order chi connectivity index (χ0) is 20.3. The Morgan fingerprint density at radius 3 is 2.54 bits per heavy atom. The number of aryl methyl sites for hydroxylation is 2. The van der Waals surface area contributed by atoms with Gasteiger partial charge in [0.25, 0.3) is 5.91 Å². The first-order valence-electron chi connectivity index (χ1n) is 9.62. The second-order valence-corrected chi connectivity index (χ2v) is 7.85. The van der Waals surface area contributed by atoms with E-state index in [2.05, 4.69) is 23.2 Å². The van der Waals surface area contributed by atoms with Gasteiger partial charge < -0.3 is 14.6 Å². The number of benzene rings is 2. The molecule has 0 saturated heterocycles. The Morgan fingerprint density at radius 2 is 1.89 bits per heavy atom. The monoisotopic (exact) mass is 398 g/mol. The summed E-state index contributed by atoms with van der Waals surface area (Å²) in [6.07, 6.45) is 1.74. The van der Waals surface area contributed by atoms with Crippen molar-refractivity contribution in [3.63, 3.8) is 0 Å². The topological polar surface area (TPSA) is 45.5 Å². The van der Waals surface area contributed by atoms with Crippen LogP contribution in [0.3, 0.4) is 0 Å². The third-order valence-electron chi connectivity index (χ3n) is 5.06. The maximum absolute atomic E-state index is 13.0. The summed E-state index contributed by atoms with van der Waals surface area (Å²) in [5.74, 6) is 0.192. The molecule has 0 fully saturated rings. The Morgan fingerprint density at radius 1 is 1.18 bits per heavy atom. The van der Waals surface area contributed by atoms with Crippen molar-refractivity contribution in [2.24, 2.45) is 0 Å². The van der Waals surface area contributed by atoms with Gasteiger partial charge in [-0.25, -0.2) is 0 Å². The molecule has 148 valence electrons. The van der Waals surface area contributed by atoms with Crippen LogP contribution < -0.4 is 5.32 Å². The summed E-state index contributed by atoms with van der Waals surface area (Å²) in [6, 6.07) is 13.6. The van der Waals surface area contributed by atoms with Crippen molar-refractivity contribution in [1.29, 1.82) is 0 Å². The zero-order valence-electron chi connectivity index (χ0n) is 16.9. The van der Waals surface area contributed by atoms with Crippen LogP contribution in [-0.2, 0) is 6.42 Å². The smallest absolute Gasteiger partial charge is 0.287 e. The van der Waals surface area contributed by atoms with E-state index in [4.69, 9.17) is 16.0 Å². The van der Waals surface area contributed by atoms with Gasteiger partial charge >= 0.3 is 0 Å². The molecular formula is C23H27ClN2O2. The zero-order valence-corrected chi connectivity index (χ0v) is 17.6.